The average Bonchev–Trinajstić information content (AvgIpc) is 2.97. The quantitative estimate of drug-likeness (QED) is 0.316. The van der Waals surface area contributed by atoms with E-state index in [4.69, 9.17) is 10.9 Å². The Morgan fingerprint density at radius 2 is 1.89 bits per heavy atom. The van der Waals surface area contributed by atoms with Crippen LogP contribution in [0.5, 0.6) is 0 Å². The Kier molecular flexibility index (Phi) is 3.74. The first-order valence-electron chi connectivity index (χ1n) is 7.21. The van der Waals surface area contributed by atoms with Crippen LogP contribution >= 0.6 is 0 Å². The lowest BCUT2D eigenvalue weighted by atomic mass is 9.81. The number of nitrogens with zero attached hydrogens (tertiary/aromatic N) is 1. The van der Waals surface area contributed by atoms with E-state index in [0.717, 1.165) is 32.1 Å². The number of hydrogen-bond acceptors (Lipinski definition) is 3. The van der Waals surface area contributed by atoms with Gasteiger partial charge in [-0.05, 0) is 31.1 Å². The first kappa shape index (κ1) is 14.2. The topological polar surface area (TPSA) is 87.7 Å². The third-order valence-electron chi connectivity index (χ3n) is 5.05. The van der Waals surface area contributed by atoms with E-state index in [0.29, 0.717) is 12.8 Å². The average molecular weight is 267 g/mol. The Hall–Kier alpha value is -1.26. The van der Waals surface area contributed by atoms with Gasteiger partial charge < -0.3 is 16.3 Å². The van der Waals surface area contributed by atoms with E-state index in [1.807, 2.05) is 0 Å². The fraction of sp³-hybridized carbons (Fsp3) is 0.857. The van der Waals surface area contributed by atoms with Crippen molar-refractivity contribution in [3.05, 3.63) is 0 Å². The highest BCUT2D eigenvalue weighted by Gasteiger charge is 2.47. The molecule has 4 N–H and O–H groups in total. The van der Waals surface area contributed by atoms with Gasteiger partial charge in [-0.2, -0.15) is 0 Å². The molecule has 0 radical (unpaired) electrons. The van der Waals surface area contributed by atoms with E-state index in [1.54, 1.807) is 0 Å². The molecule has 2 rings (SSSR count). The Bertz CT molecular complexity index is 384. The largest absolute Gasteiger partial charge is 0.409 e. The second-order valence-electron chi connectivity index (χ2n) is 6.68. The normalized spacial score (nSPS) is 29.4. The predicted molar refractivity (Wildman–Crippen MR) is 73.9 cm³/mol. The molecule has 0 bridgehead atoms. The molecule has 0 aliphatic heterocycles. The second-order valence-corrected chi connectivity index (χ2v) is 6.68. The highest BCUT2D eigenvalue weighted by atomic mass is 16.4. The molecule has 0 saturated heterocycles. The van der Waals surface area contributed by atoms with Gasteiger partial charge in [0.05, 0.1) is 0 Å². The SMILES string of the molecule is CC1(C)CCCC1NC(=O)C1(C(N)=NO)CCCC1. The highest BCUT2D eigenvalue weighted by Crippen LogP contribution is 2.41. The zero-order valence-corrected chi connectivity index (χ0v) is 11.9. The third-order valence-corrected chi connectivity index (χ3v) is 5.05. The van der Waals surface area contributed by atoms with Crippen molar-refractivity contribution in [2.75, 3.05) is 0 Å². The predicted octanol–water partition coefficient (Wildman–Crippen LogP) is 1.99. The maximum absolute atomic E-state index is 12.6. The number of carbonyl (C=O) groups is 1. The van der Waals surface area contributed by atoms with E-state index < -0.39 is 5.41 Å². The number of rotatable bonds is 3. The molecule has 2 aliphatic carbocycles. The van der Waals surface area contributed by atoms with E-state index in [1.165, 1.54) is 0 Å². The molecule has 2 aliphatic rings. The van der Waals surface area contributed by atoms with Crippen molar-refractivity contribution in [2.45, 2.75) is 64.8 Å². The summed E-state index contributed by atoms with van der Waals surface area (Å²) in [7, 11) is 0. The minimum atomic E-state index is -0.784. The fourth-order valence-corrected chi connectivity index (χ4v) is 3.56. The molecule has 108 valence electrons. The number of amides is 1. The summed E-state index contributed by atoms with van der Waals surface area (Å²) < 4.78 is 0. The molecule has 0 heterocycles. The molecule has 2 fully saturated rings. The maximum atomic E-state index is 12.6. The van der Waals surface area contributed by atoms with Gasteiger partial charge in [0.15, 0.2) is 5.84 Å². The van der Waals surface area contributed by atoms with Crippen molar-refractivity contribution in [1.82, 2.24) is 5.32 Å². The zero-order valence-electron chi connectivity index (χ0n) is 11.9. The van der Waals surface area contributed by atoms with E-state index in [-0.39, 0.29) is 23.2 Å². The van der Waals surface area contributed by atoms with Crippen molar-refractivity contribution in [3.8, 4) is 0 Å². The van der Waals surface area contributed by atoms with Crippen molar-refractivity contribution in [3.63, 3.8) is 0 Å². The van der Waals surface area contributed by atoms with Crippen molar-refractivity contribution in [2.24, 2.45) is 21.7 Å². The van der Waals surface area contributed by atoms with Crippen LogP contribution in [0.4, 0.5) is 0 Å². The van der Waals surface area contributed by atoms with Crippen LogP contribution in [0.3, 0.4) is 0 Å². The monoisotopic (exact) mass is 267 g/mol. The van der Waals surface area contributed by atoms with Gasteiger partial charge in [-0.15, -0.1) is 0 Å². The number of hydrogen-bond donors (Lipinski definition) is 3. The first-order valence-corrected chi connectivity index (χ1v) is 7.21. The molecule has 1 amide bonds. The van der Waals surface area contributed by atoms with Crippen LogP contribution in [0.15, 0.2) is 5.16 Å². The summed E-state index contributed by atoms with van der Waals surface area (Å²) in [6.45, 7) is 4.38. The lowest BCUT2D eigenvalue weighted by molar-refractivity contribution is -0.128. The summed E-state index contributed by atoms with van der Waals surface area (Å²) in [6, 6.07) is 0.198. The summed E-state index contributed by atoms with van der Waals surface area (Å²) in [4.78, 5) is 12.6. The van der Waals surface area contributed by atoms with Crippen molar-refractivity contribution >= 4 is 11.7 Å². The molecule has 0 aromatic heterocycles. The number of nitrogens with one attached hydrogen (secondary N) is 1. The summed E-state index contributed by atoms with van der Waals surface area (Å²) in [6.07, 6.45) is 6.58. The molecular formula is C14H25N3O2. The molecule has 5 nitrogen and oxygen atoms in total. The second kappa shape index (κ2) is 5.02. The van der Waals surface area contributed by atoms with Crippen LogP contribution in [-0.4, -0.2) is 23.0 Å². The van der Waals surface area contributed by atoms with Gasteiger partial charge in [0.25, 0.3) is 0 Å². The molecule has 1 atom stereocenters. The Balaban J connectivity index is 2.13. The molecule has 0 aromatic rings. The van der Waals surface area contributed by atoms with Gasteiger partial charge in [-0.1, -0.05) is 38.3 Å². The van der Waals surface area contributed by atoms with Crippen molar-refractivity contribution in [1.29, 1.82) is 0 Å². The number of amidine groups is 1. The van der Waals surface area contributed by atoms with Crippen LogP contribution in [0.1, 0.15) is 58.8 Å². The minimum absolute atomic E-state index is 0.0553. The number of nitrogens with two attached hydrogens (primary N) is 1. The molecule has 1 unspecified atom stereocenters. The lowest BCUT2D eigenvalue weighted by Gasteiger charge is -2.33. The van der Waals surface area contributed by atoms with E-state index in [2.05, 4.69) is 24.3 Å². The lowest BCUT2D eigenvalue weighted by Crippen LogP contribution is -2.53. The first-order chi connectivity index (χ1) is 8.92. The number of carbonyl (C=O) groups excluding carboxylic acids is 1. The van der Waals surface area contributed by atoms with E-state index >= 15 is 0 Å². The Morgan fingerprint density at radius 1 is 1.26 bits per heavy atom. The molecule has 0 spiro atoms. The van der Waals surface area contributed by atoms with Crippen LogP contribution < -0.4 is 11.1 Å². The number of oxime groups is 1. The van der Waals surface area contributed by atoms with Crippen LogP contribution in [0.25, 0.3) is 0 Å². The van der Waals surface area contributed by atoms with Gasteiger partial charge in [-0.25, -0.2) is 0 Å². The van der Waals surface area contributed by atoms with E-state index in [9.17, 15) is 4.79 Å². The van der Waals surface area contributed by atoms with Crippen LogP contribution in [-0.2, 0) is 4.79 Å². The van der Waals surface area contributed by atoms with Crippen molar-refractivity contribution < 1.29 is 10.0 Å². The van der Waals surface area contributed by atoms with Gasteiger partial charge >= 0.3 is 0 Å². The molecular weight excluding hydrogens is 242 g/mol. The third kappa shape index (κ3) is 2.42. The highest BCUT2D eigenvalue weighted by molar-refractivity contribution is 6.07. The molecule has 19 heavy (non-hydrogen) atoms. The minimum Gasteiger partial charge on any atom is -0.409 e. The Labute approximate surface area is 114 Å². The standard InChI is InChI=1S/C14H25N3O2/c1-13(2)7-5-6-10(13)16-12(18)14(11(15)17-19)8-3-4-9-14/h10,19H,3-9H2,1-2H3,(H2,15,17)(H,16,18). The summed E-state index contributed by atoms with van der Waals surface area (Å²) in [5.41, 5.74) is 5.15. The molecule has 0 aromatic carbocycles. The van der Waals surface area contributed by atoms with Gasteiger partial charge in [0, 0.05) is 6.04 Å². The zero-order chi connectivity index (χ0) is 14.1. The van der Waals surface area contributed by atoms with Crippen LogP contribution in [0, 0.1) is 10.8 Å². The summed E-state index contributed by atoms with van der Waals surface area (Å²) in [5.74, 6) is 0.0126. The van der Waals surface area contributed by atoms with Gasteiger partial charge in [0.1, 0.15) is 5.41 Å². The van der Waals surface area contributed by atoms with Gasteiger partial charge in [0.2, 0.25) is 5.91 Å². The smallest absolute Gasteiger partial charge is 0.234 e. The summed E-state index contributed by atoms with van der Waals surface area (Å²) in [5, 5.41) is 15.2. The Morgan fingerprint density at radius 3 is 2.37 bits per heavy atom. The fourth-order valence-electron chi connectivity index (χ4n) is 3.56. The van der Waals surface area contributed by atoms with Gasteiger partial charge in [-0.3, -0.25) is 4.79 Å². The summed E-state index contributed by atoms with van der Waals surface area (Å²) >= 11 is 0. The molecule has 5 heteroatoms. The van der Waals surface area contributed by atoms with Crippen LogP contribution in [0.2, 0.25) is 0 Å². The maximum Gasteiger partial charge on any atom is 0.234 e. The molecule has 2 saturated carbocycles.